The molecule has 3 aromatic rings. The standard InChI is InChI=1S/C16H11N3O10S2/c20-12-7-11(30(24,25)26)5-8-6-13(31(27,28)29)15(16(21)14(8)12)18-17-9-1-3-10(4-2-9)19(22)23/h1-7,20-21H,(H,24,25,26)(H,27,28,29)/b18-17+. The van der Waals surface area contributed by atoms with E-state index in [9.17, 15) is 41.7 Å². The van der Waals surface area contributed by atoms with Gasteiger partial charge >= 0.3 is 0 Å². The van der Waals surface area contributed by atoms with Gasteiger partial charge in [0.1, 0.15) is 16.3 Å². The van der Waals surface area contributed by atoms with E-state index in [1.807, 2.05) is 0 Å². The third kappa shape index (κ3) is 4.43. The first-order valence-corrected chi connectivity index (χ1v) is 10.8. The van der Waals surface area contributed by atoms with Crippen LogP contribution in [0.2, 0.25) is 0 Å². The normalized spacial score (nSPS) is 12.5. The summed E-state index contributed by atoms with van der Waals surface area (Å²) in [5.74, 6) is -1.80. The van der Waals surface area contributed by atoms with Crippen LogP contribution in [0.1, 0.15) is 0 Å². The largest absolute Gasteiger partial charge is 0.507 e. The SMILES string of the molecule is O=[N+]([O-])c1ccc(/N=N/c2c(S(=O)(=O)O)cc3cc(S(=O)(=O)O)cc(O)c3c2O)cc1. The number of rotatable bonds is 5. The number of azo groups is 1. The van der Waals surface area contributed by atoms with Crippen molar-refractivity contribution in [1.29, 1.82) is 0 Å². The van der Waals surface area contributed by atoms with Gasteiger partial charge in [0.05, 0.1) is 20.9 Å². The topological polar surface area (TPSA) is 217 Å². The van der Waals surface area contributed by atoms with Gasteiger partial charge in [-0.2, -0.15) is 21.9 Å². The number of nitrogens with zero attached hydrogens (tertiary/aromatic N) is 3. The molecule has 0 fully saturated rings. The Morgan fingerprint density at radius 3 is 2.00 bits per heavy atom. The summed E-state index contributed by atoms with van der Waals surface area (Å²) < 4.78 is 64.9. The van der Waals surface area contributed by atoms with E-state index in [1.54, 1.807) is 0 Å². The van der Waals surface area contributed by atoms with Crippen LogP contribution < -0.4 is 0 Å². The zero-order chi connectivity index (χ0) is 23.1. The molecule has 0 heterocycles. The number of aromatic hydroxyl groups is 2. The summed E-state index contributed by atoms with van der Waals surface area (Å²) in [6.07, 6.45) is 0. The van der Waals surface area contributed by atoms with Gasteiger partial charge in [0.15, 0.2) is 5.75 Å². The van der Waals surface area contributed by atoms with Crippen LogP contribution in [0.15, 0.2) is 62.5 Å². The maximum Gasteiger partial charge on any atom is 0.296 e. The number of phenolic OH excluding ortho intramolecular Hbond substituents is 2. The molecule has 0 bridgehead atoms. The zero-order valence-electron chi connectivity index (χ0n) is 14.9. The van der Waals surface area contributed by atoms with Crippen molar-refractivity contribution in [3.8, 4) is 11.5 Å². The maximum absolute atomic E-state index is 11.8. The monoisotopic (exact) mass is 469 g/mol. The first kappa shape index (κ1) is 22.0. The molecule has 3 rings (SSSR count). The molecular formula is C16H11N3O10S2. The summed E-state index contributed by atoms with van der Waals surface area (Å²) >= 11 is 0. The van der Waals surface area contributed by atoms with Gasteiger partial charge in [0, 0.05) is 18.2 Å². The molecule has 0 radical (unpaired) electrons. The van der Waals surface area contributed by atoms with Crippen molar-refractivity contribution in [2.24, 2.45) is 10.2 Å². The number of benzene rings is 3. The molecule has 0 saturated heterocycles. The summed E-state index contributed by atoms with van der Waals surface area (Å²) in [4.78, 5) is 8.25. The van der Waals surface area contributed by atoms with Crippen molar-refractivity contribution in [2.75, 3.05) is 0 Å². The van der Waals surface area contributed by atoms with Crippen molar-refractivity contribution in [1.82, 2.24) is 0 Å². The zero-order valence-corrected chi connectivity index (χ0v) is 16.6. The molecule has 0 unspecified atom stereocenters. The van der Waals surface area contributed by atoms with E-state index in [2.05, 4.69) is 10.2 Å². The van der Waals surface area contributed by atoms with Crippen LogP contribution in [-0.4, -0.2) is 41.1 Å². The highest BCUT2D eigenvalue weighted by Crippen LogP contribution is 2.45. The Kier molecular flexibility index (Phi) is 5.36. The second kappa shape index (κ2) is 7.55. The highest BCUT2D eigenvalue weighted by atomic mass is 32.2. The first-order chi connectivity index (χ1) is 14.3. The molecule has 13 nitrogen and oxygen atoms in total. The second-order valence-corrected chi connectivity index (χ2v) is 8.85. The molecule has 0 aliphatic heterocycles. The molecule has 4 N–H and O–H groups in total. The Labute approximate surface area is 173 Å². The van der Waals surface area contributed by atoms with Gasteiger partial charge in [-0.15, -0.1) is 5.11 Å². The van der Waals surface area contributed by atoms with E-state index in [0.29, 0.717) is 12.1 Å². The van der Waals surface area contributed by atoms with Crippen molar-refractivity contribution in [3.63, 3.8) is 0 Å². The number of hydrogen-bond donors (Lipinski definition) is 4. The van der Waals surface area contributed by atoms with E-state index >= 15 is 0 Å². The third-order valence-corrected chi connectivity index (χ3v) is 5.70. The molecule has 162 valence electrons. The van der Waals surface area contributed by atoms with E-state index in [1.165, 1.54) is 12.1 Å². The average Bonchev–Trinajstić information content (AvgIpc) is 2.65. The van der Waals surface area contributed by atoms with Gasteiger partial charge in [0.2, 0.25) is 0 Å². The first-order valence-electron chi connectivity index (χ1n) is 7.93. The van der Waals surface area contributed by atoms with Gasteiger partial charge in [-0.3, -0.25) is 19.2 Å². The molecule has 0 aromatic heterocycles. The minimum atomic E-state index is -5.03. The van der Waals surface area contributed by atoms with Crippen molar-refractivity contribution in [2.45, 2.75) is 9.79 Å². The van der Waals surface area contributed by atoms with E-state index in [0.717, 1.165) is 18.2 Å². The van der Waals surface area contributed by atoms with E-state index < -0.39 is 57.5 Å². The van der Waals surface area contributed by atoms with Gasteiger partial charge in [-0.1, -0.05) is 0 Å². The fraction of sp³-hybridized carbons (Fsp3) is 0. The molecule has 0 amide bonds. The van der Waals surface area contributed by atoms with Crippen LogP contribution in [0.4, 0.5) is 17.1 Å². The van der Waals surface area contributed by atoms with Gasteiger partial charge < -0.3 is 10.2 Å². The molecule has 0 aliphatic rings. The minimum Gasteiger partial charge on any atom is -0.507 e. The van der Waals surface area contributed by atoms with Crippen LogP contribution >= 0.6 is 0 Å². The Morgan fingerprint density at radius 2 is 1.48 bits per heavy atom. The third-order valence-electron chi connectivity index (χ3n) is 4.00. The fourth-order valence-corrected chi connectivity index (χ4v) is 3.82. The van der Waals surface area contributed by atoms with Crippen LogP contribution in [-0.2, 0) is 20.2 Å². The molecule has 0 atom stereocenters. The Bertz CT molecular complexity index is 1460. The quantitative estimate of drug-likeness (QED) is 0.185. The number of fused-ring (bicyclic) bond motifs is 1. The lowest BCUT2D eigenvalue weighted by atomic mass is 10.1. The number of non-ortho nitro benzene ring substituents is 1. The summed E-state index contributed by atoms with van der Waals surface area (Å²) in [6.45, 7) is 0. The Balaban J connectivity index is 2.26. The lowest BCUT2D eigenvalue weighted by Gasteiger charge is -2.11. The number of nitro benzene ring substituents is 1. The predicted molar refractivity (Wildman–Crippen MR) is 104 cm³/mol. The highest BCUT2D eigenvalue weighted by Gasteiger charge is 2.25. The Morgan fingerprint density at radius 1 is 0.871 bits per heavy atom. The van der Waals surface area contributed by atoms with E-state index in [-0.39, 0.29) is 16.8 Å². The van der Waals surface area contributed by atoms with Crippen molar-refractivity contribution >= 4 is 48.1 Å². The van der Waals surface area contributed by atoms with Crippen molar-refractivity contribution in [3.05, 3.63) is 52.6 Å². The van der Waals surface area contributed by atoms with Crippen molar-refractivity contribution < 1.29 is 41.1 Å². The van der Waals surface area contributed by atoms with Crippen LogP contribution in [0.3, 0.4) is 0 Å². The number of phenols is 2. The molecule has 15 heteroatoms. The lowest BCUT2D eigenvalue weighted by Crippen LogP contribution is -2.01. The average molecular weight is 469 g/mol. The minimum absolute atomic E-state index is 0.0253. The van der Waals surface area contributed by atoms with Crippen LogP contribution in [0.5, 0.6) is 11.5 Å². The van der Waals surface area contributed by atoms with Crippen LogP contribution in [0, 0.1) is 10.1 Å². The smallest absolute Gasteiger partial charge is 0.296 e. The van der Waals surface area contributed by atoms with E-state index in [4.69, 9.17) is 4.55 Å². The fourth-order valence-electron chi connectivity index (χ4n) is 2.63. The Hall–Kier alpha value is -3.66. The number of hydrogen-bond acceptors (Lipinski definition) is 10. The molecule has 0 aliphatic carbocycles. The van der Waals surface area contributed by atoms with Gasteiger partial charge in [0.25, 0.3) is 25.9 Å². The lowest BCUT2D eigenvalue weighted by molar-refractivity contribution is -0.384. The molecule has 0 saturated carbocycles. The second-order valence-electron chi connectivity index (χ2n) is 6.04. The summed E-state index contributed by atoms with van der Waals surface area (Å²) in [5.41, 5.74) is -1.01. The predicted octanol–water partition coefficient (Wildman–Crippen LogP) is 3.07. The molecule has 31 heavy (non-hydrogen) atoms. The van der Waals surface area contributed by atoms with Crippen LogP contribution in [0.25, 0.3) is 10.8 Å². The maximum atomic E-state index is 11.8. The summed E-state index contributed by atoms with van der Waals surface area (Å²) in [6, 6.07) is 6.65. The molecule has 3 aromatic carbocycles. The van der Waals surface area contributed by atoms with Gasteiger partial charge in [-0.25, -0.2) is 0 Å². The van der Waals surface area contributed by atoms with Gasteiger partial charge in [-0.05, 0) is 29.7 Å². The molecular weight excluding hydrogens is 458 g/mol. The summed E-state index contributed by atoms with van der Waals surface area (Å²) in [5, 5.41) is 37.7. The molecule has 0 spiro atoms. The summed E-state index contributed by atoms with van der Waals surface area (Å²) in [7, 11) is -9.82. The number of nitro groups is 1. The highest BCUT2D eigenvalue weighted by molar-refractivity contribution is 7.86.